The van der Waals surface area contributed by atoms with Crippen LogP contribution in [0, 0.1) is 13.8 Å². The van der Waals surface area contributed by atoms with Crippen LogP contribution in [-0.2, 0) is 0 Å². The minimum absolute atomic E-state index is 0. The Morgan fingerprint density at radius 1 is 0.517 bits per heavy atom. The largest absolute Gasteiger partial charge is 0.508 e. The van der Waals surface area contributed by atoms with Gasteiger partial charge in [-0.25, -0.2) is 0 Å². The van der Waals surface area contributed by atoms with Gasteiger partial charge in [0.1, 0.15) is 11.5 Å². The van der Waals surface area contributed by atoms with Crippen molar-refractivity contribution in [2.45, 2.75) is 61.8 Å². The molecule has 29 heavy (non-hydrogen) atoms. The predicted molar refractivity (Wildman–Crippen MR) is 131 cm³/mol. The summed E-state index contributed by atoms with van der Waals surface area (Å²) in [6.45, 7) is 12.7. The van der Waals surface area contributed by atoms with Gasteiger partial charge < -0.3 is 10.2 Å². The van der Waals surface area contributed by atoms with Crippen LogP contribution in [0.2, 0.25) is 0 Å². The number of aromatic hydroxyl groups is 2. The number of para-hydroxylation sites is 2. The van der Waals surface area contributed by atoms with E-state index < -0.39 is 0 Å². The van der Waals surface area contributed by atoms with Crippen LogP contribution in [0.25, 0.3) is 0 Å². The first kappa shape index (κ1) is 31.0. The van der Waals surface area contributed by atoms with Gasteiger partial charge in [-0.05, 0) is 38.1 Å². The average molecular weight is 399 g/mol. The highest BCUT2D eigenvalue weighted by molar-refractivity contribution is 5.20. The minimum atomic E-state index is 0. The summed E-state index contributed by atoms with van der Waals surface area (Å²) in [6.07, 6.45) is 2.50. The third-order valence-corrected chi connectivity index (χ3v) is 2.69. The highest BCUT2D eigenvalue weighted by atomic mass is 16.3. The van der Waals surface area contributed by atoms with Crippen LogP contribution < -0.4 is 0 Å². The molecule has 2 nitrogen and oxygen atoms in total. The van der Waals surface area contributed by atoms with E-state index in [1.54, 1.807) is 48.5 Å². The van der Waals surface area contributed by atoms with E-state index in [9.17, 15) is 0 Å². The van der Waals surface area contributed by atoms with Crippen LogP contribution in [0.5, 0.6) is 11.5 Å². The second-order valence-electron chi connectivity index (χ2n) is 6.24. The fourth-order valence-corrected chi connectivity index (χ4v) is 1.66. The minimum Gasteiger partial charge on any atom is -0.508 e. The first-order valence-electron chi connectivity index (χ1n) is 9.92. The molecule has 0 aromatic heterocycles. The smallest absolute Gasteiger partial charge is 0.115 e. The average Bonchev–Trinajstić information content (AvgIpc) is 2.65. The monoisotopic (exact) mass is 398 g/mol. The Labute approximate surface area is 179 Å². The molecule has 0 aliphatic heterocycles. The summed E-state index contributed by atoms with van der Waals surface area (Å²) in [7, 11) is 0. The van der Waals surface area contributed by atoms with Crippen molar-refractivity contribution in [1.82, 2.24) is 0 Å². The fourth-order valence-electron chi connectivity index (χ4n) is 1.66. The summed E-state index contributed by atoms with van der Waals surface area (Å²) >= 11 is 0. The van der Waals surface area contributed by atoms with Crippen molar-refractivity contribution in [3.63, 3.8) is 0 Å². The van der Waals surface area contributed by atoms with Gasteiger partial charge in [-0.1, -0.05) is 120 Å². The Morgan fingerprint density at radius 2 is 0.793 bits per heavy atom. The molecule has 3 aromatic carbocycles. The molecule has 2 N–H and O–H groups in total. The lowest BCUT2D eigenvalue weighted by atomic mass is 10.2. The third kappa shape index (κ3) is 25.3. The van der Waals surface area contributed by atoms with Crippen LogP contribution in [0.15, 0.2) is 84.9 Å². The lowest BCUT2D eigenvalue weighted by Crippen LogP contribution is -1.71. The summed E-state index contributed by atoms with van der Waals surface area (Å²) in [5.41, 5.74) is 2.68. The quantitative estimate of drug-likeness (QED) is 0.398. The molecule has 162 valence electrons. The number of phenols is 2. The second kappa shape index (κ2) is 23.3. The first-order chi connectivity index (χ1) is 13.4. The lowest BCUT2D eigenvalue weighted by molar-refractivity contribution is 0.475. The summed E-state index contributed by atoms with van der Waals surface area (Å²) in [5, 5.41) is 17.3. The molecular weight excluding hydrogens is 356 g/mol. The zero-order valence-corrected chi connectivity index (χ0v) is 18.4. The molecule has 0 spiro atoms. The van der Waals surface area contributed by atoms with Crippen molar-refractivity contribution in [2.24, 2.45) is 0 Å². The van der Waals surface area contributed by atoms with E-state index in [0.29, 0.717) is 11.5 Å². The van der Waals surface area contributed by atoms with E-state index in [2.05, 4.69) is 65.8 Å². The second-order valence-corrected chi connectivity index (χ2v) is 6.24. The number of benzene rings is 3. The Kier molecular flexibility index (Phi) is 24.9. The Morgan fingerprint density at radius 3 is 0.931 bits per heavy atom. The molecule has 0 aliphatic carbocycles. The molecule has 0 atom stereocenters. The van der Waals surface area contributed by atoms with Crippen molar-refractivity contribution in [3.8, 4) is 11.5 Å². The number of hydrogen-bond donors (Lipinski definition) is 2. The van der Waals surface area contributed by atoms with E-state index in [0.717, 1.165) is 0 Å². The Balaban J connectivity index is -0.000000305. The Bertz CT molecular complexity index is 608. The van der Waals surface area contributed by atoms with Crippen molar-refractivity contribution < 1.29 is 10.2 Å². The molecule has 0 heterocycles. The SMILES string of the molecule is C.CCC.CCC.Cc1cccc(C)c1.Oc1ccccc1.Oc1ccccc1. The van der Waals surface area contributed by atoms with Crippen LogP contribution in [-0.4, -0.2) is 10.2 Å². The van der Waals surface area contributed by atoms with Crippen LogP contribution in [0.1, 0.15) is 59.1 Å². The maximum atomic E-state index is 8.63. The van der Waals surface area contributed by atoms with Gasteiger partial charge in [-0.2, -0.15) is 0 Å². The van der Waals surface area contributed by atoms with Crippen LogP contribution in [0.4, 0.5) is 0 Å². The van der Waals surface area contributed by atoms with Gasteiger partial charge in [-0.3, -0.25) is 0 Å². The molecule has 3 aromatic rings. The lowest BCUT2D eigenvalue weighted by Gasteiger charge is -1.90. The number of rotatable bonds is 0. The molecule has 0 radical (unpaired) electrons. The summed E-state index contributed by atoms with van der Waals surface area (Å²) < 4.78 is 0. The maximum Gasteiger partial charge on any atom is 0.115 e. The predicted octanol–water partition coefficient (Wildman–Crippen LogP) is 8.56. The number of phenolic OH excluding ortho intramolecular Hbond substituents is 2. The zero-order valence-electron chi connectivity index (χ0n) is 18.4. The standard InChI is InChI=1S/C8H10.2C6H6O.2C3H8.CH4/c1-7-4-3-5-8(2)6-7;2*7-6-4-2-1-3-5-6;2*1-3-2;/h3-6H,1-2H3;2*1-5,7H;2*3H2,1-2H3;1H4. The van der Waals surface area contributed by atoms with Crippen molar-refractivity contribution in [2.75, 3.05) is 0 Å². The molecule has 0 fully saturated rings. The van der Waals surface area contributed by atoms with Gasteiger partial charge in [0, 0.05) is 0 Å². The topological polar surface area (TPSA) is 40.5 Å². The number of aryl methyl sites for hydroxylation is 2. The fraction of sp³-hybridized carbons (Fsp3) is 0.333. The van der Waals surface area contributed by atoms with E-state index >= 15 is 0 Å². The molecule has 2 heteroatoms. The third-order valence-electron chi connectivity index (χ3n) is 2.69. The number of hydrogen-bond acceptors (Lipinski definition) is 2. The van der Waals surface area contributed by atoms with Crippen molar-refractivity contribution in [3.05, 3.63) is 96.1 Å². The molecular formula is C27H42O2. The van der Waals surface area contributed by atoms with Crippen LogP contribution >= 0.6 is 0 Å². The molecule has 0 amide bonds. The van der Waals surface area contributed by atoms with E-state index in [1.165, 1.54) is 24.0 Å². The van der Waals surface area contributed by atoms with E-state index in [1.807, 2.05) is 12.1 Å². The summed E-state index contributed by atoms with van der Waals surface area (Å²) in [4.78, 5) is 0. The van der Waals surface area contributed by atoms with Gasteiger partial charge in [-0.15, -0.1) is 0 Å². The molecule has 0 unspecified atom stereocenters. The molecule has 0 saturated heterocycles. The highest BCUT2D eigenvalue weighted by Crippen LogP contribution is 2.03. The summed E-state index contributed by atoms with van der Waals surface area (Å²) in [6, 6.07) is 25.9. The van der Waals surface area contributed by atoms with E-state index in [4.69, 9.17) is 10.2 Å². The molecule has 3 rings (SSSR count). The van der Waals surface area contributed by atoms with Crippen molar-refractivity contribution in [1.29, 1.82) is 0 Å². The Hall–Kier alpha value is -2.74. The zero-order chi connectivity index (χ0) is 21.6. The molecule has 0 bridgehead atoms. The maximum absolute atomic E-state index is 8.63. The normalized spacial score (nSPS) is 7.93. The van der Waals surface area contributed by atoms with Gasteiger partial charge >= 0.3 is 0 Å². The molecule has 0 aliphatic rings. The van der Waals surface area contributed by atoms with Crippen molar-refractivity contribution >= 4 is 0 Å². The van der Waals surface area contributed by atoms with Gasteiger partial charge in [0.15, 0.2) is 0 Å². The van der Waals surface area contributed by atoms with Crippen LogP contribution in [0.3, 0.4) is 0 Å². The van der Waals surface area contributed by atoms with Gasteiger partial charge in [0.2, 0.25) is 0 Å². The highest BCUT2D eigenvalue weighted by Gasteiger charge is 1.80. The first-order valence-corrected chi connectivity index (χ1v) is 9.92. The van der Waals surface area contributed by atoms with E-state index in [-0.39, 0.29) is 7.43 Å². The van der Waals surface area contributed by atoms with Gasteiger partial charge in [0.05, 0.1) is 0 Å². The molecule has 0 saturated carbocycles. The summed E-state index contributed by atoms with van der Waals surface area (Å²) in [5.74, 6) is 0.644. The van der Waals surface area contributed by atoms with Gasteiger partial charge in [0.25, 0.3) is 0 Å².